The summed E-state index contributed by atoms with van der Waals surface area (Å²) in [6.07, 6.45) is 6.22. The first-order valence-electron chi connectivity index (χ1n) is 6.87. The minimum Gasteiger partial charge on any atom is -0.122 e. The van der Waals surface area contributed by atoms with E-state index in [1.54, 1.807) is 0 Å². The first-order valence-corrected chi connectivity index (χ1v) is 7.69. The highest BCUT2D eigenvalue weighted by atomic mass is 35.5. The van der Waals surface area contributed by atoms with E-state index in [1.807, 2.05) is 12.1 Å². The number of benzene rings is 1. The van der Waals surface area contributed by atoms with Crippen LogP contribution in [0.2, 0.25) is 5.02 Å². The average Bonchev–Trinajstić information content (AvgIpc) is 2.31. The maximum atomic E-state index is 6.69. The van der Waals surface area contributed by atoms with Crippen LogP contribution in [-0.4, -0.2) is 5.38 Å². The number of halogens is 2. The van der Waals surface area contributed by atoms with Crippen molar-refractivity contribution >= 4 is 23.2 Å². The second kappa shape index (κ2) is 5.84. The summed E-state index contributed by atoms with van der Waals surface area (Å²) in [7, 11) is 0. The maximum absolute atomic E-state index is 6.69. The Hall–Kier alpha value is -0.200. The van der Waals surface area contributed by atoms with Gasteiger partial charge in [-0.2, -0.15) is 0 Å². The third kappa shape index (κ3) is 3.42. The molecule has 2 unspecified atom stereocenters. The highest BCUT2D eigenvalue weighted by Gasteiger charge is 2.36. The van der Waals surface area contributed by atoms with Gasteiger partial charge in [-0.1, -0.05) is 50.4 Å². The first-order chi connectivity index (χ1) is 8.49. The van der Waals surface area contributed by atoms with Gasteiger partial charge >= 0.3 is 0 Å². The molecule has 18 heavy (non-hydrogen) atoms. The molecule has 1 aromatic rings. The van der Waals surface area contributed by atoms with E-state index < -0.39 is 0 Å². The largest absolute Gasteiger partial charge is 0.122 e. The molecule has 100 valence electrons. The molecular weight excluding hydrogens is 263 g/mol. The van der Waals surface area contributed by atoms with Crippen LogP contribution in [0, 0.1) is 11.3 Å². The van der Waals surface area contributed by atoms with E-state index in [2.05, 4.69) is 26.0 Å². The number of hydrogen-bond donors (Lipinski definition) is 0. The fraction of sp³-hybridized carbons (Fsp3) is 0.625. The molecule has 0 radical (unpaired) electrons. The van der Waals surface area contributed by atoms with Gasteiger partial charge in [0.25, 0.3) is 0 Å². The van der Waals surface area contributed by atoms with E-state index >= 15 is 0 Å². The van der Waals surface area contributed by atoms with Crippen LogP contribution in [0.5, 0.6) is 0 Å². The Morgan fingerprint density at radius 2 is 1.89 bits per heavy atom. The van der Waals surface area contributed by atoms with Gasteiger partial charge in [0.2, 0.25) is 0 Å². The van der Waals surface area contributed by atoms with Gasteiger partial charge in [-0.05, 0) is 48.3 Å². The first kappa shape index (κ1) is 14.2. The lowest BCUT2D eigenvalue weighted by molar-refractivity contribution is 0.133. The molecule has 0 nitrogen and oxygen atoms in total. The molecule has 0 N–H and O–H groups in total. The summed E-state index contributed by atoms with van der Waals surface area (Å²) < 4.78 is 0. The average molecular weight is 285 g/mol. The van der Waals surface area contributed by atoms with Gasteiger partial charge in [-0.25, -0.2) is 0 Å². The molecule has 0 aliphatic heterocycles. The van der Waals surface area contributed by atoms with Gasteiger partial charge in [0.1, 0.15) is 0 Å². The van der Waals surface area contributed by atoms with Crippen molar-refractivity contribution in [3.8, 4) is 0 Å². The highest BCUT2D eigenvalue weighted by molar-refractivity contribution is 6.30. The van der Waals surface area contributed by atoms with Gasteiger partial charge in [0.15, 0.2) is 0 Å². The quantitative estimate of drug-likeness (QED) is 0.624. The monoisotopic (exact) mass is 284 g/mol. The minimum absolute atomic E-state index is 0.237. The van der Waals surface area contributed by atoms with E-state index in [0.29, 0.717) is 11.3 Å². The smallest absolute Gasteiger partial charge is 0.0409 e. The molecule has 1 aromatic carbocycles. The third-order valence-electron chi connectivity index (χ3n) is 4.37. The van der Waals surface area contributed by atoms with Crippen LogP contribution in [0.15, 0.2) is 24.3 Å². The molecule has 0 bridgehead atoms. The van der Waals surface area contributed by atoms with E-state index in [9.17, 15) is 0 Å². The van der Waals surface area contributed by atoms with Crippen LogP contribution in [0.3, 0.4) is 0 Å². The normalized spacial score (nSPS) is 24.8. The zero-order valence-corrected chi connectivity index (χ0v) is 12.8. The van der Waals surface area contributed by atoms with Crippen molar-refractivity contribution in [1.29, 1.82) is 0 Å². The Morgan fingerprint density at radius 1 is 1.22 bits per heavy atom. The molecule has 1 saturated carbocycles. The van der Waals surface area contributed by atoms with E-state index in [4.69, 9.17) is 23.2 Å². The van der Waals surface area contributed by atoms with Crippen LogP contribution in [0.25, 0.3) is 0 Å². The fourth-order valence-corrected chi connectivity index (χ4v) is 3.95. The SMILES string of the molecule is CC1(C)CCCCC1C(Cl)Cc1ccc(Cl)cc1. The van der Waals surface area contributed by atoms with Crippen molar-refractivity contribution < 1.29 is 0 Å². The molecule has 2 rings (SSSR count). The van der Waals surface area contributed by atoms with Gasteiger partial charge in [-0.3, -0.25) is 0 Å². The molecule has 2 atom stereocenters. The Morgan fingerprint density at radius 3 is 2.50 bits per heavy atom. The number of hydrogen-bond acceptors (Lipinski definition) is 0. The van der Waals surface area contributed by atoms with Gasteiger partial charge in [-0.15, -0.1) is 11.6 Å². The molecule has 1 fully saturated rings. The lowest BCUT2D eigenvalue weighted by Crippen LogP contribution is -2.35. The van der Waals surface area contributed by atoms with Gasteiger partial charge in [0, 0.05) is 10.4 Å². The summed E-state index contributed by atoms with van der Waals surface area (Å²) in [4.78, 5) is 0. The van der Waals surface area contributed by atoms with Crippen LogP contribution < -0.4 is 0 Å². The van der Waals surface area contributed by atoms with E-state index in [-0.39, 0.29) is 5.38 Å². The topological polar surface area (TPSA) is 0 Å². The molecule has 0 spiro atoms. The lowest BCUT2D eigenvalue weighted by Gasteiger charge is -2.41. The zero-order valence-electron chi connectivity index (χ0n) is 11.3. The molecular formula is C16H22Cl2. The standard InChI is InChI=1S/C16H22Cl2/c1-16(2)10-4-3-5-14(16)15(18)11-12-6-8-13(17)9-7-12/h6-9,14-15H,3-5,10-11H2,1-2H3. The Kier molecular flexibility index (Phi) is 4.61. The van der Waals surface area contributed by atoms with Gasteiger partial charge < -0.3 is 0 Å². The van der Waals surface area contributed by atoms with Crippen LogP contribution >= 0.6 is 23.2 Å². The highest BCUT2D eigenvalue weighted by Crippen LogP contribution is 2.44. The summed E-state index contributed by atoms with van der Waals surface area (Å²) in [6.45, 7) is 4.74. The van der Waals surface area contributed by atoms with Crippen molar-refractivity contribution in [2.45, 2.75) is 51.3 Å². The Balaban J connectivity index is 2.02. The molecule has 1 aliphatic rings. The molecule has 0 amide bonds. The molecule has 1 aliphatic carbocycles. The van der Waals surface area contributed by atoms with E-state index in [0.717, 1.165) is 11.4 Å². The summed E-state index contributed by atoms with van der Waals surface area (Å²) in [5, 5.41) is 1.03. The van der Waals surface area contributed by atoms with Crippen molar-refractivity contribution in [3.05, 3.63) is 34.9 Å². The van der Waals surface area contributed by atoms with Crippen molar-refractivity contribution in [1.82, 2.24) is 0 Å². The molecule has 2 heteroatoms. The zero-order chi connectivity index (χ0) is 13.2. The summed E-state index contributed by atoms with van der Waals surface area (Å²) in [6, 6.07) is 8.08. The van der Waals surface area contributed by atoms with E-state index in [1.165, 1.54) is 31.2 Å². The Labute approximate surface area is 121 Å². The van der Waals surface area contributed by atoms with Crippen molar-refractivity contribution in [2.24, 2.45) is 11.3 Å². The number of rotatable bonds is 3. The van der Waals surface area contributed by atoms with Crippen molar-refractivity contribution in [3.63, 3.8) is 0 Å². The fourth-order valence-electron chi connectivity index (χ4n) is 3.18. The molecule has 0 saturated heterocycles. The minimum atomic E-state index is 0.237. The van der Waals surface area contributed by atoms with Crippen molar-refractivity contribution in [2.75, 3.05) is 0 Å². The van der Waals surface area contributed by atoms with Crippen LogP contribution in [0.4, 0.5) is 0 Å². The second-order valence-electron chi connectivity index (χ2n) is 6.19. The lowest BCUT2D eigenvalue weighted by atomic mass is 9.67. The third-order valence-corrected chi connectivity index (χ3v) is 5.08. The van der Waals surface area contributed by atoms with Gasteiger partial charge in [0.05, 0.1) is 0 Å². The molecule has 0 aromatic heterocycles. The van der Waals surface area contributed by atoms with Crippen LogP contribution in [-0.2, 0) is 6.42 Å². The maximum Gasteiger partial charge on any atom is 0.0409 e. The molecule has 0 heterocycles. The second-order valence-corrected chi connectivity index (χ2v) is 7.18. The predicted molar refractivity (Wildman–Crippen MR) is 80.5 cm³/mol. The predicted octanol–water partition coefficient (Wildman–Crippen LogP) is 5.71. The summed E-state index contributed by atoms with van der Waals surface area (Å²) >= 11 is 12.6. The summed E-state index contributed by atoms with van der Waals surface area (Å²) in [5.41, 5.74) is 1.68. The van der Waals surface area contributed by atoms with Crippen LogP contribution in [0.1, 0.15) is 45.1 Å². The number of alkyl halides is 1. The Bertz CT molecular complexity index is 381. The summed E-state index contributed by atoms with van der Waals surface area (Å²) in [5.74, 6) is 0.628.